The number of ether oxygens (including phenoxy) is 1. The van der Waals surface area contributed by atoms with Crippen LogP contribution in [0, 0.1) is 5.41 Å². The Morgan fingerprint density at radius 1 is 1.21 bits per heavy atom. The second-order valence-corrected chi connectivity index (χ2v) is 7.45. The Morgan fingerprint density at radius 2 is 1.82 bits per heavy atom. The number of carbonyl (C=O) groups is 2. The standard InChI is InChI=1S/C19H26N4O5/c20-17(21)14-3-1-13(2-4-14)11-15(24)22-8-5-19(6-9-22)7-10-23(12-16(25)26)18(27)28-19/h1-4,15,24H,5-12H2,(H3,20,21)(H,25,26). The van der Waals surface area contributed by atoms with Crippen molar-refractivity contribution in [3.05, 3.63) is 35.4 Å². The van der Waals surface area contributed by atoms with E-state index in [2.05, 4.69) is 0 Å². The first-order valence-electron chi connectivity index (χ1n) is 9.33. The maximum atomic E-state index is 12.1. The van der Waals surface area contributed by atoms with Crippen LogP contribution in [-0.4, -0.2) is 75.9 Å². The molecule has 1 spiro atoms. The van der Waals surface area contributed by atoms with Gasteiger partial charge >= 0.3 is 12.1 Å². The van der Waals surface area contributed by atoms with Crippen molar-refractivity contribution in [3.8, 4) is 0 Å². The molecular formula is C19H26N4O5. The molecule has 2 saturated heterocycles. The fraction of sp³-hybridized carbons (Fsp3) is 0.526. The van der Waals surface area contributed by atoms with Crippen molar-refractivity contribution in [3.63, 3.8) is 0 Å². The van der Waals surface area contributed by atoms with Crippen molar-refractivity contribution in [2.45, 2.75) is 37.5 Å². The molecule has 1 amide bonds. The lowest BCUT2D eigenvalue weighted by Gasteiger charge is -2.46. The fourth-order valence-corrected chi connectivity index (χ4v) is 3.78. The van der Waals surface area contributed by atoms with E-state index in [0.717, 1.165) is 5.56 Å². The zero-order valence-corrected chi connectivity index (χ0v) is 15.6. The summed E-state index contributed by atoms with van der Waals surface area (Å²) >= 11 is 0. The zero-order valence-electron chi connectivity index (χ0n) is 15.6. The number of nitrogens with one attached hydrogen (secondary N) is 1. The van der Waals surface area contributed by atoms with Crippen LogP contribution in [0.1, 0.15) is 30.4 Å². The first-order valence-corrected chi connectivity index (χ1v) is 9.33. The van der Waals surface area contributed by atoms with E-state index in [1.165, 1.54) is 4.90 Å². The van der Waals surface area contributed by atoms with E-state index in [1.807, 2.05) is 17.0 Å². The molecule has 2 aliphatic rings. The van der Waals surface area contributed by atoms with Crippen molar-refractivity contribution in [2.24, 2.45) is 5.73 Å². The predicted molar refractivity (Wildman–Crippen MR) is 101 cm³/mol. The lowest BCUT2D eigenvalue weighted by Crippen LogP contribution is -2.56. The average molecular weight is 390 g/mol. The minimum absolute atomic E-state index is 0.0115. The number of aliphatic carboxylic acids is 1. The summed E-state index contributed by atoms with van der Waals surface area (Å²) in [6.45, 7) is 1.22. The third-order valence-corrected chi connectivity index (χ3v) is 5.54. The largest absolute Gasteiger partial charge is 0.480 e. The summed E-state index contributed by atoms with van der Waals surface area (Å²) in [7, 11) is 0. The van der Waals surface area contributed by atoms with E-state index >= 15 is 0 Å². The van der Waals surface area contributed by atoms with Crippen molar-refractivity contribution < 1.29 is 24.5 Å². The fourth-order valence-electron chi connectivity index (χ4n) is 3.78. The molecule has 152 valence electrons. The van der Waals surface area contributed by atoms with E-state index in [0.29, 0.717) is 50.9 Å². The number of carboxylic acid groups (broad SMARTS) is 1. The molecule has 0 aromatic heterocycles. The number of benzene rings is 1. The van der Waals surface area contributed by atoms with Gasteiger partial charge in [-0.15, -0.1) is 0 Å². The van der Waals surface area contributed by atoms with Gasteiger partial charge in [0.15, 0.2) is 0 Å². The van der Waals surface area contributed by atoms with Crippen molar-refractivity contribution in [1.82, 2.24) is 9.80 Å². The number of carboxylic acids is 1. The molecule has 28 heavy (non-hydrogen) atoms. The van der Waals surface area contributed by atoms with Crippen LogP contribution in [0.25, 0.3) is 0 Å². The number of aliphatic hydroxyl groups excluding tert-OH is 1. The summed E-state index contributed by atoms with van der Waals surface area (Å²) < 4.78 is 5.59. The Morgan fingerprint density at radius 3 is 2.36 bits per heavy atom. The molecular weight excluding hydrogens is 364 g/mol. The second-order valence-electron chi connectivity index (χ2n) is 7.45. The molecule has 0 radical (unpaired) electrons. The van der Waals surface area contributed by atoms with Crippen molar-refractivity contribution in [2.75, 3.05) is 26.2 Å². The van der Waals surface area contributed by atoms with Gasteiger partial charge in [0.25, 0.3) is 0 Å². The third kappa shape index (κ3) is 4.60. The number of rotatable bonds is 6. The van der Waals surface area contributed by atoms with Gasteiger partial charge in [0.05, 0.1) is 0 Å². The quantitative estimate of drug-likeness (QED) is 0.412. The van der Waals surface area contributed by atoms with Crippen LogP contribution in [0.5, 0.6) is 0 Å². The van der Waals surface area contributed by atoms with Gasteiger partial charge in [-0.1, -0.05) is 24.3 Å². The van der Waals surface area contributed by atoms with Gasteiger partial charge in [-0.05, 0) is 5.56 Å². The van der Waals surface area contributed by atoms with Gasteiger partial charge in [0, 0.05) is 50.9 Å². The Bertz CT molecular complexity index is 743. The molecule has 2 fully saturated rings. The van der Waals surface area contributed by atoms with Crippen LogP contribution in [0.2, 0.25) is 0 Å². The number of nitrogens with zero attached hydrogens (tertiary/aromatic N) is 2. The second kappa shape index (κ2) is 8.15. The first kappa shape index (κ1) is 20.1. The summed E-state index contributed by atoms with van der Waals surface area (Å²) in [6.07, 6.45) is 1.05. The van der Waals surface area contributed by atoms with E-state index in [-0.39, 0.29) is 12.4 Å². The van der Waals surface area contributed by atoms with Crippen LogP contribution in [-0.2, 0) is 16.0 Å². The third-order valence-electron chi connectivity index (χ3n) is 5.54. The van der Waals surface area contributed by atoms with Crippen LogP contribution in [0.15, 0.2) is 24.3 Å². The summed E-state index contributed by atoms with van der Waals surface area (Å²) in [5, 5.41) is 26.8. The summed E-state index contributed by atoms with van der Waals surface area (Å²) in [5.74, 6) is -1.04. The molecule has 9 heteroatoms. The Hall–Kier alpha value is -2.65. The van der Waals surface area contributed by atoms with E-state index in [4.69, 9.17) is 21.0 Å². The Balaban J connectivity index is 1.51. The minimum atomic E-state index is -1.05. The van der Waals surface area contributed by atoms with Gasteiger partial charge in [0.2, 0.25) is 0 Å². The van der Waals surface area contributed by atoms with E-state index in [9.17, 15) is 14.7 Å². The smallest absolute Gasteiger partial charge is 0.410 e. The molecule has 0 bridgehead atoms. The number of piperidine rings is 1. The number of carbonyl (C=O) groups excluding carboxylic acids is 1. The Kier molecular flexibility index (Phi) is 5.85. The van der Waals surface area contributed by atoms with Crippen LogP contribution >= 0.6 is 0 Å². The Labute approximate surface area is 163 Å². The molecule has 1 unspecified atom stereocenters. The highest BCUT2D eigenvalue weighted by Crippen LogP contribution is 2.34. The molecule has 0 saturated carbocycles. The highest BCUT2D eigenvalue weighted by Gasteiger charge is 2.44. The topological polar surface area (TPSA) is 140 Å². The normalized spacial score (nSPS) is 20.6. The molecule has 9 nitrogen and oxygen atoms in total. The maximum absolute atomic E-state index is 12.1. The number of amides is 1. The SMILES string of the molecule is N=C(N)c1ccc(CC(O)N2CCC3(CCN(CC(=O)O)C(=O)O3)CC2)cc1. The number of nitrogens with two attached hydrogens (primary N) is 1. The highest BCUT2D eigenvalue weighted by molar-refractivity contribution is 5.94. The molecule has 2 aliphatic heterocycles. The lowest BCUT2D eigenvalue weighted by molar-refractivity contribution is -0.141. The maximum Gasteiger partial charge on any atom is 0.410 e. The van der Waals surface area contributed by atoms with Gasteiger partial charge in [-0.3, -0.25) is 20.0 Å². The summed E-state index contributed by atoms with van der Waals surface area (Å²) in [5.41, 5.74) is 6.48. The highest BCUT2D eigenvalue weighted by atomic mass is 16.6. The molecule has 0 aliphatic carbocycles. The number of hydrogen-bond acceptors (Lipinski definition) is 6. The van der Waals surface area contributed by atoms with Crippen molar-refractivity contribution in [1.29, 1.82) is 5.41 Å². The number of likely N-dealkylation sites (tertiary alicyclic amines) is 1. The van der Waals surface area contributed by atoms with Gasteiger partial charge in [0.1, 0.15) is 24.2 Å². The average Bonchev–Trinajstić information content (AvgIpc) is 2.65. The molecule has 5 N–H and O–H groups in total. The van der Waals surface area contributed by atoms with Gasteiger partial charge < -0.3 is 20.7 Å². The summed E-state index contributed by atoms with van der Waals surface area (Å²) in [4.78, 5) is 26.1. The molecule has 1 aromatic carbocycles. The molecule has 1 aromatic rings. The summed E-state index contributed by atoms with van der Waals surface area (Å²) in [6, 6.07) is 7.23. The first-order chi connectivity index (χ1) is 13.3. The predicted octanol–water partition coefficient (Wildman–Crippen LogP) is 0.593. The molecule has 3 rings (SSSR count). The van der Waals surface area contributed by atoms with E-state index in [1.54, 1.807) is 12.1 Å². The number of amidine groups is 1. The minimum Gasteiger partial charge on any atom is -0.480 e. The molecule has 2 heterocycles. The van der Waals surface area contributed by atoms with Crippen molar-refractivity contribution >= 4 is 17.9 Å². The van der Waals surface area contributed by atoms with Gasteiger partial charge in [-0.2, -0.15) is 0 Å². The number of nitrogen functional groups attached to an aromatic ring is 1. The molecule has 1 atom stereocenters. The number of hydrogen-bond donors (Lipinski definition) is 4. The number of aliphatic hydroxyl groups is 1. The van der Waals surface area contributed by atoms with E-state index < -0.39 is 23.9 Å². The monoisotopic (exact) mass is 390 g/mol. The van der Waals surface area contributed by atoms with Crippen LogP contribution in [0.4, 0.5) is 4.79 Å². The lowest BCUT2D eigenvalue weighted by atomic mass is 9.86. The van der Waals surface area contributed by atoms with Crippen LogP contribution < -0.4 is 5.73 Å². The van der Waals surface area contributed by atoms with Crippen LogP contribution in [0.3, 0.4) is 0 Å². The zero-order chi connectivity index (χ0) is 20.3. The van der Waals surface area contributed by atoms with Gasteiger partial charge in [-0.25, -0.2) is 4.79 Å².